The molecule has 6 heteroatoms. The minimum atomic E-state index is 0.344. The normalized spacial score (nSPS) is 21.1. The SMILES string of the molecule is Brc1ccc([C@@H]2C[C@H]2c2nc(-c3cscn3)no2)cc1. The van der Waals surface area contributed by atoms with E-state index in [9.17, 15) is 0 Å². The molecule has 4 rings (SSSR count). The lowest BCUT2D eigenvalue weighted by molar-refractivity contribution is 0.378. The van der Waals surface area contributed by atoms with Crippen LogP contribution in [0.4, 0.5) is 0 Å². The highest BCUT2D eigenvalue weighted by molar-refractivity contribution is 9.10. The second-order valence-electron chi connectivity index (χ2n) is 4.83. The van der Waals surface area contributed by atoms with Gasteiger partial charge in [-0.15, -0.1) is 11.3 Å². The Kier molecular flexibility index (Phi) is 2.93. The average molecular weight is 348 g/mol. The van der Waals surface area contributed by atoms with Crippen LogP contribution >= 0.6 is 27.3 Å². The van der Waals surface area contributed by atoms with Crippen LogP contribution in [-0.4, -0.2) is 15.1 Å². The monoisotopic (exact) mass is 347 g/mol. The summed E-state index contributed by atoms with van der Waals surface area (Å²) < 4.78 is 6.48. The number of hydrogen-bond donors (Lipinski definition) is 0. The van der Waals surface area contributed by atoms with Gasteiger partial charge in [-0.2, -0.15) is 4.98 Å². The Morgan fingerprint density at radius 3 is 2.80 bits per heavy atom. The molecule has 0 spiro atoms. The van der Waals surface area contributed by atoms with Gasteiger partial charge in [0.2, 0.25) is 11.7 Å². The van der Waals surface area contributed by atoms with E-state index in [-0.39, 0.29) is 0 Å². The van der Waals surface area contributed by atoms with Gasteiger partial charge in [0.05, 0.1) is 5.51 Å². The summed E-state index contributed by atoms with van der Waals surface area (Å²) in [5, 5.41) is 5.94. The molecule has 100 valence electrons. The Hall–Kier alpha value is -1.53. The quantitative estimate of drug-likeness (QED) is 0.711. The molecule has 0 saturated heterocycles. The fraction of sp³-hybridized carbons (Fsp3) is 0.214. The lowest BCUT2D eigenvalue weighted by atomic mass is 10.1. The molecule has 1 aliphatic rings. The molecule has 0 unspecified atom stereocenters. The first kappa shape index (κ1) is 12.2. The fourth-order valence-electron chi connectivity index (χ4n) is 2.36. The van der Waals surface area contributed by atoms with Crippen molar-refractivity contribution in [2.75, 3.05) is 0 Å². The van der Waals surface area contributed by atoms with Gasteiger partial charge in [-0.3, -0.25) is 0 Å². The van der Waals surface area contributed by atoms with Crippen molar-refractivity contribution >= 4 is 27.3 Å². The first-order chi connectivity index (χ1) is 9.81. The predicted octanol–water partition coefficient (Wildman–Crippen LogP) is 4.23. The molecular formula is C14H10BrN3OS. The maximum atomic E-state index is 5.38. The third-order valence-corrected chi connectivity index (χ3v) is 4.62. The van der Waals surface area contributed by atoms with E-state index in [1.807, 2.05) is 5.38 Å². The van der Waals surface area contributed by atoms with E-state index >= 15 is 0 Å². The van der Waals surface area contributed by atoms with Gasteiger partial charge in [-0.1, -0.05) is 33.2 Å². The molecule has 4 nitrogen and oxygen atoms in total. The van der Waals surface area contributed by atoms with E-state index < -0.39 is 0 Å². The van der Waals surface area contributed by atoms with Crippen LogP contribution in [0.15, 0.2) is 44.2 Å². The number of rotatable bonds is 3. The van der Waals surface area contributed by atoms with Crippen LogP contribution in [0.2, 0.25) is 0 Å². The molecule has 0 radical (unpaired) electrons. The third kappa shape index (κ3) is 2.19. The Labute approximate surface area is 128 Å². The van der Waals surface area contributed by atoms with Gasteiger partial charge < -0.3 is 4.52 Å². The van der Waals surface area contributed by atoms with E-state index in [0.717, 1.165) is 22.5 Å². The number of halogens is 1. The predicted molar refractivity (Wildman–Crippen MR) is 79.6 cm³/mol. The van der Waals surface area contributed by atoms with Crippen molar-refractivity contribution in [3.63, 3.8) is 0 Å². The van der Waals surface area contributed by atoms with Crippen molar-refractivity contribution < 1.29 is 4.52 Å². The average Bonchev–Trinajstić information content (AvgIpc) is 2.92. The van der Waals surface area contributed by atoms with E-state index in [2.05, 4.69) is 55.3 Å². The van der Waals surface area contributed by atoms with Crippen LogP contribution < -0.4 is 0 Å². The summed E-state index contributed by atoms with van der Waals surface area (Å²) in [6, 6.07) is 8.43. The molecule has 1 saturated carbocycles. The van der Waals surface area contributed by atoms with Crippen LogP contribution in [0.25, 0.3) is 11.5 Å². The Bertz CT molecular complexity index is 723. The smallest absolute Gasteiger partial charge is 0.230 e. The third-order valence-electron chi connectivity index (χ3n) is 3.51. The minimum Gasteiger partial charge on any atom is -0.339 e. The molecule has 0 aliphatic heterocycles. The van der Waals surface area contributed by atoms with Gasteiger partial charge >= 0.3 is 0 Å². The molecule has 0 bridgehead atoms. The van der Waals surface area contributed by atoms with Crippen LogP contribution in [0, 0.1) is 0 Å². The van der Waals surface area contributed by atoms with Crippen molar-refractivity contribution in [2.24, 2.45) is 0 Å². The maximum Gasteiger partial charge on any atom is 0.230 e. The zero-order valence-electron chi connectivity index (χ0n) is 10.4. The highest BCUT2D eigenvalue weighted by Crippen LogP contribution is 2.54. The van der Waals surface area contributed by atoms with Gasteiger partial charge in [0.1, 0.15) is 5.69 Å². The lowest BCUT2D eigenvalue weighted by Crippen LogP contribution is -1.85. The molecule has 2 heterocycles. The molecule has 1 aromatic carbocycles. The molecule has 3 aromatic rings. The topological polar surface area (TPSA) is 51.8 Å². The zero-order chi connectivity index (χ0) is 13.5. The van der Waals surface area contributed by atoms with Crippen molar-refractivity contribution in [3.05, 3.63) is 51.1 Å². The second-order valence-corrected chi connectivity index (χ2v) is 6.46. The van der Waals surface area contributed by atoms with Gasteiger partial charge in [0.25, 0.3) is 0 Å². The van der Waals surface area contributed by atoms with Crippen LogP contribution in [-0.2, 0) is 0 Å². The summed E-state index contributed by atoms with van der Waals surface area (Å²) in [6.45, 7) is 0. The summed E-state index contributed by atoms with van der Waals surface area (Å²) in [5.74, 6) is 2.14. The molecular weight excluding hydrogens is 338 g/mol. The summed E-state index contributed by atoms with van der Waals surface area (Å²) in [7, 11) is 0. The largest absolute Gasteiger partial charge is 0.339 e. The number of nitrogens with zero attached hydrogens (tertiary/aromatic N) is 3. The Morgan fingerprint density at radius 2 is 2.05 bits per heavy atom. The van der Waals surface area contributed by atoms with Gasteiger partial charge in [-0.25, -0.2) is 4.98 Å². The summed E-state index contributed by atoms with van der Waals surface area (Å²) in [5.41, 5.74) is 3.88. The van der Waals surface area contributed by atoms with E-state index in [4.69, 9.17) is 4.52 Å². The van der Waals surface area contributed by atoms with E-state index in [1.165, 1.54) is 16.9 Å². The fourth-order valence-corrected chi connectivity index (χ4v) is 3.15. The maximum absolute atomic E-state index is 5.38. The van der Waals surface area contributed by atoms with Crippen molar-refractivity contribution in [3.8, 4) is 11.5 Å². The van der Waals surface area contributed by atoms with Crippen molar-refractivity contribution in [2.45, 2.75) is 18.3 Å². The molecule has 1 fully saturated rings. The second kappa shape index (κ2) is 4.79. The highest BCUT2D eigenvalue weighted by Gasteiger charge is 2.43. The lowest BCUT2D eigenvalue weighted by Gasteiger charge is -1.98. The Balaban J connectivity index is 1.54. The molecule has 1 aliphatic carbocycles. The molecule has 2 aromatic heterocycles. The molecule has 2 atom stereocenters. The zero-order valence-corrected chi connectivity index (χ0v) is 12.8. The number of benzene rings is 1. The summed E-state index contributed by atoms with van der Waals surface area (Å²) in [4.78, 5) is 8.66. The number of hydrogen-bond acceptors (Lipinski definition) is 5. The van der Waals surface area contributed by atoms with Crippen molar-refractivity contribution in [1.82, 2.24) is 15.1 Å². The summed E-state index contributed by atoms with van der Waals surface area (Å²) >= 11 is 4.98. The number of thiazole rings is 1. The van der Waals surface area contributed by atoms with Crippen LogP contribution in [0.1, 0.15) is 29.7 Å². The minimum absolute atomic E-state index is 0.344. The first-order valence-corrected chi connectivity index (χ1v) is 8.02. The van der Waals surface area contributed by atoms with Gasteiger partial charge in [0.15, 0.2) is 0 Å². The first-order valence-electron chi connectivity index (χ1n) is 6.29. The number of aromatic nitrogens is 3. The standard InChI is InChI=1S/C14H10BrN3OS/c15-9-3-1-8(2-4-9)10-5-11(10)14-17-13(18-19-14)12-6-20-7-16-12/h1-4,6-7,10-11H,5H2/t10-,11+/m0/s1. The molecule has 20 heavy (non-hydrogen) atoms. The van der Waals surface area contributed by atoms with Crippen LogP contribution in [0.3, 0.4) is 0 Å². The van der Waals surface area contributed by atoms with Crippen molar-refractivity contribution in [1.29, 1.82) is 0 Å². The highest BCUT2D eigenvalue weighted by atomic mass is 79.9. The van der Waals surface area contributed by atoms with Gasteiger partial charge in [-0.05, 0) is 30.0 Å². The summed E-state index contributed by atoms with van der Waals surface area (Å²) in [6.07, 6.45) is 1.07. The van der Waals surface area contributed by atoms with E-state index in [1.54, 1.807) is 5.51 Å². The van der Waals surface area contributed by atoms with Crippen LogP contribution in [0.5, 0.6) is 0 Å². The molecule has 0 N–H and O–H groups in total. The molecule has 0 amide bonds. The Morgan fingerprint density at radius 1 is 1.20 bits per heavy atom. The van der Waals surface area contributed by atoms with Gasteiger partial charge in [0, 0.05) is 15.8 Å². The van der Waals surface area contributed by atoms with E-state index in [0.29, 0.717) is 17.7 Å².